The summed E-state index contributed by atoms with van der Waals surface area (Å²) < 4.78 is 38.8. The molecule has 1 saturated carbocycles. The average Bonchev–Trinajstić information content (AvgIpc) is 3.63. The summed E-state index contributed by atoms with van der Waals surface area (Å²) in [6.45, 7) is 9.17. The number of fused-ring (bicyclic) bond motifs is 1. The second-order valence-electron chi connectivity index (χ2n) is 13.1. The van der Waals surface area contributed by atoms with Crippen LogP contribution in [0.25, 0.3) is 22.0 Å². The van der Waals surface area contributed by atoms with Crippen molar-refractivity contribution in [3.8, 4) is 22.9 Å². The standard InChI is InChI=1S/C35H40F2N6O3/c1-22-12-13-25-26(9-5-11-28(25)38-17-14-23-20-35(23,36)37)30(22)45-31-27(10-6-16-39-31)29-15-18-40-32(42-29)41-24-8-7-19-43(21-24)33(44)46-34(2,3)4/h5-6,9-13,15-16,18,23-24,38H,7-8,14,17,19-21H2,1-4H3,(H,40,41,42)/t23-,24?/m1/s1. The zero-order chi connectivity index (χ0) is 32.5. The molecule has 11 heteroatoms. The molecule has 46 heavy (non-hydrogen) atoms. The Morgan fingerprint density at radius 2 is 1.89 bits per heavy atom. The largest absolute Gasteiger partial charge is 0.444 e. The van der Waals surface area contributed by atoms with Crippen molar-refractivity contribution in [3.05, 3.63) is 66.5 Å². The lowest BCUT2D eigenvalue weighted by molar-refractivity contribution is 0.0206. The number of hydrogen-bond donors (Lipinski definition) is 2. The van der Waals surface area contributed by atoms with Gasteiger partial charge in [-0.2, -0.15) is 0 Å². The first-order valence-corrected chi connectivity index (χ1v) is 15.8. The van der Waals surface area contributed by atoms with E-state index < -0.39 is 17.4 Å². The Morgan fingerprint density at radius 3 is 2.67 bits per heavy atom. The molecule has 9 nitrogen and oxygen atoms in total. The van der Waals surface area contributed by atoms with Gasteiger partial charge in [-0.05, 0) is 76.8 Å². The van der Waals surface area contributed by atoms with Crippen molar-refractivity contribution < 1.29 is 23.0 Å². The maximum Gasteiger partial charge on any atom is 0.410 e. The van der Waals surface area contributed by atoms with E-state index in [0.717, 1.165) is 34.9 Å². The molecule has 0 bridgehead atoms. The summed E-state index contributed by atoms with van der Waals surface area (Å²) in [5.41, 5.74) is 2.57. The van der Waals surface area contributed by atoms with Crippen LogP contribution in [-0.4, -0.2) is 63.1 Å². The van der Waals surface area contributed by atoms with Gasteiger partial charge in [0.1, 0.15) is 11.4 Å². The molecule has 1 unspecified atom stereocenters. The number of anilines is 2. The molecule has 0 radical (unpaired) electrons. The van der Waals surface area contributed by atoms with Gasteiger partial charge in [0, 0.05) is 66.9 Å². The Morgan fingerprint density at radius 1 is 1.07 bits per heavy atom. The second kappa shape index (κ2) is 12.7. The monoisotopic (exact) mass is 630 g/mol. The molecule has 0 spiro atoms. The van der Waals surface area contributed by atoms with Gasteiger partial charge >= 0.3 is 6.09 Å². The van der Waals surface area contributed by atoms with Crippen molar-refractivity contribution in [2.45, 2.75) is 70.9 Å². The minimum atomic E-state index is -2.52. The first kappa shape index (κ1) is 31.4. The van der Waals surface area contributed by atoms with Crippen molar-refractivity contribution in [1.82, 2.24) is 19.9 Å². The van der Waals surface area contributed by atoms with Gasteiger partial charge in [0.15, 0.2) is 0 Å². The highest BCUT2D eigenvalue weighted by Gasteiger charge is 2.55. The van der Waals surface area contributed by atoms with E-state index in [1.807, 2.05) is 76.2 Å². The Hall–Kier alpha value is -4.54. The van der Waals surface area contributed by atoms with Crippen LogP contribution >= 0.6 is 0 Å². The molecule has 2 N–H and O–H groups in total. The van der Waals surface area contributed by atoms with Gasteiger partial charge < -0.3 is 25.0 Å². The van der Waals surface area contributed by atoms with Crippen molar-refractivity contribution in [3.63, 3.8) is 0 Å². The fraction of sp³-hybridized carbons (Fsp3) is 0.429. The number of piperidine rings is 1. The molecule has 2 aromatic heterocycles. The van der Waals surface area contributed by atoms with Gasteiger partial charge in [0.05, 0.1) is 11.3 Å². The van der Waals surface area contributed by atoms with Crippen molar-refractivity contribution >= 4 is 28.5 Å². The summed E-state index contributed by atoms with van der Waals surface area (Å²) >= 11 is 0. The average molecular weight is 631 g/mol. The lowest BCUT2D eigenvalue weighted by Crippen LogP contribution is -2.47. The number of amides is 1. The Balaban J connectivity index is 1.20. The van der Waals surface area contributed by atoms with E-state index in [2.05, 4.69) is 20.6 Å². The molecular formula is C35H40F2N6O3. The number of aryl methyl sites for hydroxylation is 1. The van der Waals surface area contributed by atoms with Crippen LogP contribution in [-0.2, 0) is 4.74 Å². The number of benzene rings is 2. The summed E-state index contributed by atoms with van der Waals surface area (Å²) in [6, 6.07) is 15.4. The van der Waals surface area contributed by atoms with Crippen LogP contribution in [0, 0.1) is 12.8 Å². The van der Waals surface area contributed by atoms with Gasteiger partial charge in [0.25, 0.3) is 5.92 Å². The van der Waals surface area contributed by atoms with E-state index in [-0.39, 0.29) is 18.6 Å². The maximum absolute atomic E-state index is 13.4. The first-order chi connectivity index (χ1) is 22.0. The topological polar surface area (TPSA) is 102 Å². The van der Waals surface area contributed by atoms with Crippen LogP contribution in [0.1, 0.15) is 52.0 Å². The highest BCUT2D eigenvalue weighted by atomic mass is 19.3. The normalized spacial score (nSPS) is 19.0. The minimum Gasteiger partial charge on any atom is -0.444 e. The van der Waals surface area contributed by atoms with Crippen molar-refractivity contribution in [1.29, 1.82) is 0 Å². The lowest BCUT2D eigenvalue weighted by atomic mass is 10.0. The molecule has 1 aliphatic carbocycles. The predicted molar refractivity (Wildman–Crippen MR) is 175 cm³/mol. The van der Waals surface area contributed by atoms with Crippen LogP contribution in [0.15, 0.2) is 60.9 Å². The number of alkyl halides is 2. The number of carbonyl (C=O) groups excluding carboxylic acids is 1. The molecule has 1 amide bonds. The summed E-state index contributed by atoms with van der Waals surface area (Å²) in [4.78, 5) is 28.2. The molecule has 2 atom stereocenters. The zero-order valence-corrected chi connectivity index (χ0v) is 26.6. The van der Waals surface area contributed by atoms with E-state index in [4.69, 9.17) is 14.5 Å². The Kier molecular flexibility index (Phi) is 8.67. The molecular weight excluding hydrogens is 590 g/mol. The van der Waals surface area contributed by atoms with Crippen LogP contribution < -0.4 is 15.4 Å². The quantitative estimate of drug-likeness (QED) is 0.192. The van der Waals surface area contributed by atoms with Crippen LogP contribution in [0.3, 0.4) is 0 Å². The number of carbonyl (C=O) groups is 1. The number of hydrogen-bond acceptors (Lipinski definition) is 8. The maximum atomic E-state index is 13.4. The number of ether oxygens (including phenoxy) is 2. The highest BCUT2D eigenvalue weighted by Crippen LogP contribution is 2.50. The number of aromatic nitrogens is 3. The molecule has 4 aromatic rings. The van der Waals surface area contributed by atoms with E-state index in [1.165, 1.54) is 0 Å². The Labute approximate surface area is 267 Å². The third kappa shape index (κ3) is 7.29. The molecule has 2 fully saturated rings. The van der Waals surface area contributed by atoms with Crippen molar-refractivity contribution in [2.75, 3.05) is 30.3 Å². The fourth-order valence-corrected chi connectivity index (χ4v) is 5.80. The smallest absolute Gasteiger partial charge is 0.410 e. The third-order valence-electron chi connectivity index (χ3n) is 8.28. The summed E-state index contributed by atoms with van der Waals surface area (Å²) in [7, 11) is 0. The molecule has 242 valence electrons. The Bertz CT molecular complexity index is 1730. The number of rotatable bonds is 9. The number of likely N-dealkylation sites (tertiary alicyclic amines) is 1. The van der Waals surface area contributed by atoms with E-state index >= 15 is 0 Å². The number of nitrogens with one attached hydrogen (secondary N) is 2. The summed E-state index contributed by atoms with van der Waals surface area (Å²) in [5, 5.41) is 8.56. The number of pyridine rings is 1. The fourth-order valence-electron chi connectivity index (χ4n) is 5.80. The number of halogens is 2. The van der Waals surface area contributed by atoms with Gasteiger partial charge in [0.2, 0.25) is 11.8 Å². The molecule has 2 aromatic carbocycles. The second-order valence-corrected chi connectivity index (χ2v) is 13.1. The molecule has 3 heterocycles. The highest BCUT2D eigenvalue weighted by molar-refractivity contribution is 5.98. The van der Waals surface area contributed by atoms with E-state index in [0.29, 0.717) is 54.9 Å². The SMILES string of the molecule is Cc1ccc2c(NCC[C@@H]3CC3(F)F)cccc2c1Oc1ncccc1-c1ccnc(NC2CCCN(C(=O)OC(C)(C)C)C2)n1. The van der Waals surface area contributed by atoms with E-state index in [1.54, 1.807) is 17.3 Å². The molecule has 2 aliphatic rings. The number of nitrogens with zero attached hydrogens (tertiary/aromatic N) is 4. The van der Waals surface area contributed by atoms with Gasteiger partial charge in [-0.3, -0.25) is 0 Å². The van der Waals surface area contributed by atoms with Crippen molar-refractivity contribution in [2.24, 2.45) is 5.92 Å². The summed E-state index contributed by atoms with van der Waals surface area (Å²) in [6.07, 6.45) is 5.16. The van der Waals surface area contributed by atoms with Gasteiger partial charge in [-0.1, -0.05) is 24.3 Å². The van der Waals surface area contributed by atoms with Crippen LogP contribution in [0.4, 0.5) is 25.2 Å². The summed E-state index contributed by atoms with van der Waals surface area (Å²) in [5.74, 6) is -1.55. The van der Waals surface area contributed by atoms with Gasteiger partial charge in [-0.15, -0.1) is 0 Å². The zero-order valence-electron chi connectivity index (χ0n) is 26.6. The lowest BCUT2D eigenvalue weighted by Gasteiger charge is -2.34. The molecule has 1 saturated heterocycles. The first-order valence-electron chi connectivity index (χ1n) is 15.8. The third-order valence-corrected chi connectivity index (χ3v) is 8.28. The molecule has 6 rings (SSSR count). The predicted octanol–water partition coefficient (Wildman–Crippen LogP) is 8.06. The van der Waals surface area contributed by atoms with Gasteiger partial charge in [-0.25, -0.2) is 28.5 Å². The van der Waals surface area contributed by atoms with E-state index in [9.17, 15) is 13.6 Å². The van der Waals surface area contributed by atoms with Crippen LogP contribution in [0.2, 0.25) is 0 Å². The van der Waals surface area contributed by atoms with Crippen LogP contribution in [0.5, 0.6) is 11.6 Å². The molecule has 1 aliphatic heterocycles. The minimum absolute atomic E-state index is 0.0228.